The second-order valence-corrected chi connectivity index (χ2v) is 17.8. The number of aliphatic hydroxyl groups is 1. The van der Waals surface area contributed by atoms with Gasteiger partial charge in [0, 0.05) is 61.0 Å². The van der Waals surface area contributed by atoms with Gasteiger partial charge in [0.1, 0.15) is 31.4 Å². The number of aliphatic hydroxyl groups excluding tert-OH is 1. The molecule has 5 unspecified atom stereocenters. The van der Waals surface area contributed by atoms with Crippen LogP contribution in [0, 0.1) is 17.8 Å². The molecule has 4 bridgehead atoms. The number of quaternary nitrogens is 2. The standard InChI is InChI=1S/C44H50N4O2.2BrH/c1-3-17-47-19-15-43-34-10-6-8-12-36(34)46-40(43)32(30(23-37(43)47)28(26-47)13-21-49)25-45-35-11-7-5-9-33(35)44-16-20-48(18-4-2)27-29-14-22-50-42(46)39(41(44)45)31(29)24-38(44)48;;/h3-14,25,30-31,37-42,49H,1-2,15-24,26-27H2;2*1H/q+2;;/p-2/b28-13-,32-25-;;/t30-,31-,37-,38-,39?,40?,41?,42+,43+,44+,47?,48?;;/m0../s1. The summed E-state index contributed by atoms with van der Waals surface area (Å²) in [6.07, 6.45) is 16.6. The van der Waals surface area contributed by atoms with E-state index in [2.05, 4.69) is 102 Å². The van der Waals surface area contributed by atoms with Crippen molar-refractivity contribution in [2.75, 3.05) is 62.3 Å². The minimum atomic E-state index is -0.00591. The molecular weight excluding hydrogens is 776 g/mol. The van der Waals surface area contributed by atoms with Gasteiger partial charge < -0.3 is 62.6 Å². The van der Waals surface area contributed by atoms with Gasteiger partial charge in [-0.1, -0.05) is 61.7 Å². The molecule has 1 N–H and O–H groups in total. The summed E-state index contributed by atoms with van der Waals surface area (Å²) in [4.78, 5) is 5.74. The fourth-order valence-corrected chi connectivity index (χ4v) is 15.5. The number of halogens is 2. The number of nitrogens with zero attached hydrogens (tertiary/aromatic N) is 4. The molecular formula is C44H50Br2N4O2. The van der Waals surface area contributed by atoms with Gasteiger partial charge in [-0.05, 0) is 52.1 Å². The van der Waals surface area contributed by atoms with Gasteiger partial charge in [0.25, 0.3) is 0 Å². The van der Waals surface area contributed by atoms with Crippen molar-refractivity contribution in [2.24, 2.45) is 17.8 Å². The summed E-state index contributed by atoms with van der Waals surface area (Å²) in [6, 6.07) is 20.8. The lowest BCUT2D eigenvalue weighted by molar-refractivity contribution is -0.937. The van der Waals surface area contributed by atoms with Gasteiger partial charge >= 0.3 is 0 Å². The van der Waals surface area contributed by atoms with Gasteiger partial charge in [0.15, 0.2) is 0 Å². The molecule has 52 heavy (non-hydrogen) atoms. The summed E-state index contributed by atoms with van der Waals surface area (Å²) in [6.45, 7) is 16.0. The maximum absolute atomic E-state index is 10.5. The first-order valence-corrected chi connectivity index (χ1v) is 19.6. The molecule has 2 aromatic carbocycles. The number of rotatable bonds is 5. The van der Waals surface area contributed by atoms with Crippen LogP contribution in [-0.2, 0) is 15.6 Å². The Morgan fingerprint density at radius 3 is 2.29 bits per heavy atom. The van der Waals surface area contributed by atoms with Crippen LogP contribution in [0.3, 0.4) is 0 Å². The van der Waals surface area contributed by atoms with Crippen molar-refractivity contribution in [1.29, 1.82) is 0 Å². The Kier molecular flexibility index (Phi) is 7.40. The summed E-state index contributed by atoms with van der Waals surface area (Å²) in [5, 5.41) is 10.5. The average molecular weight is 827 g/mol. The summed E-state index contributed by atoms with van der Waals surface area (Å²) in [5.41, 5.74) is 10.8. The minimum absolute atomic E-state index is 0. The molecule has 2 aliphatic carbocycles. The van der Waals surface area contributed by atoms with Crippen molar-refractivity contribution < 1.29 is 52.8 Å². The third-order valence-electron chi connectivity index (χ3n) is 16.7. The van der Waals surface area contributed by atoms with Crippen molar-refractivity contribution in [3.8, 4) is 0 Å². The minimum Gasteiger partial charge on any atom is -1.00 e. The molecule has 0 aromatic heterocycles. The number of anilines is 2. The number of hydrogen-bond donors (Lipinski definition) is 1. The molecule has 8 aliphatic heterocycles. The zero-order chi connectivity index (χ0) is 33.2. The topological polar surface area (TPSA) is 35.9 Å². The van der Waals surface area contributed by atoms with Crippen LogP contribution in [0.15, 0.2) is 109 Å². The van der Waals surface area contributed by atoms with Crippen LogP contribution in [-0.4, -0.2) is 97.0 Å². The number of piperidine rings is 2. The van der Waals surface area contributed by atoms with Crippen LogP contribution in [0.25, 0.3) is 0 Å². The zero-order valence-corrected chi connectivity index (χ0v) is 33.1. The number of ether oxygens (including phenoxy) is 1. The van der Waals surface area contributed by atoms with Crippen LogP contribution in [0.4, 0.5) is 11.4 Å². The first-order chi connectivity index (χ1) is 24.5. The number of benzene rings is 2. The molecule has 10 aliphatic rings. The average Bonchev–Trinajstić information content (AvgIpc) is 3.78. The highest BCUT2D eigenvalue weighted by atomic mass is 79.9. The Hall–Kier alpha value is -2.46. The lowest BCUT2D eigenvalue weighted by Crippen LogP contribution is -3.00. The van der Waals surface area contributed by atoms with Gasteiger partial charge in [-0.15, -0.1) is 0 Å². The highest BCUT2D eigenvalue weighted by Gasteiger charge is 2.78. The van der Waals surface area contributed by atoms with Crippen LogP contribution >= 0.6 is 0 Å². The van der Waals surface area contributed by atoms with Crippen LogP contribution in [0.5, 0.6) is 0 Å². The first-order valence-electron chi connectivity index (χ1n) is 19.6. The van der Waals surface area contributed by atoms with Crippen LogP contribution in [0.1, 0.15) is 36.8 Å². The molecule has 272 valence electrons. The molecule has 4 saturated heterocycles. The second-order valence-electron chi connectivity index (χ2n) is 17.8. The Balaban J connectivity index is 0.00000169. The van der Waals surface area contributed by atoms with E-state index in [4.69, 9.17) is 4.74 Å². The van der Waals surface area contributed by atoms with Gasteiger partial charge in [-0.3, -0.25) is 0 Å². The van der Waals surface area contributed by atoms with Crippen molar-refractivity contribution in [3.05, 3.63) is 120 Å². The van der Waals surface area contributed by atoms with Gasteiger partial charge in [0.2, 0.25) is 0 Å². The number of hydrogen-bond acceptors (Lipinski definition) is 4. The summed E-state index contributed by atoms with van der Waals surface area (Å²) < 4.78 is 9.69. The molecule has 2 aromatic rings. The first kappa shape index (κ1) is 34.1. The molecule has 8 heteroatoms. The molecule has 2 saturated carbocycles. The highest BCUT2D eigenvalue weighted by molar-refractivity contribution is 5.74. The monoisotopic (exact) mass is 824 g/mol. The Labute approximate surface area is 329 Å². The molecule has 0 amide bonds. The maximum atomic E-state index is 10.5. The van der Waals surface area contributed by atoms with Gasteiger partial charge in [-0.2, -0.15) is 0 Å². The van der Waals surface area contributed by atoms with E-state index < -0.39 is 0 Å². The lowest BCUT2D eigenvalue weighted by atomic mass is 9.53. The molecule has 2 spiro atoms. The summed E-state index contributed by atoms with van der Waals surface area (Å²) in [5.74, 6) is 1.20. The third kappa shape index (κ3) is 3.62. The van der Waals surface area contributed by atoms with E-state index in [0.29, 0.717) is 42.5 Å². The molecule has 12 atom stereocenters. The summed E-state index contributed by atoms with van der Waals surface area (Å²) >= 11 is 0. The molecule has 6 nitrogen and oxygen atoms in total. The predicted molar refractivity (Wildman–Crippen MR) is 196 cm³/mol. The Morgan fingerprint density at radius 2 is 1.54 bits per heavy atom. The maximum Gasteiger partial charge on any atom is 0.136 e. The Bertz CT molecular complexity index is 1990. The number of para-hydroxylation sites is 2. The zero-order valence-electron chi connectivity index (χ0n) is 29.9. The van der Waals surface area contributed by atoms with E-state index in [-0.39, 0.29) is 63.7 Å². The van der Waals surface area contributed by atoms with Crippen molar-refractivity contribution in [2.45, 2.75) is 66.9 Å². The predicted octanol–water partition coefficient (Wildman–Crippen LogP) is -0.420. The third-order valence-corrected chi connectivity index (χ3v) is 16.7. The molecule has 8 heterocycles. The van der Waals surface area contributed by atoms with E-state index in [1.807, 2.05) is 0 Å². The molecule has 0 radical (unpaired) electrons. The smallest absolute Gasteiger partial charge is 0.136 e. The van der Waals surface area contributed by atoms with E-state index in [0.717, 1.165) is 48.1 Å². The SMILES string of the molecule is C=CC[N+]12CC[C@@]34c5ccccc5N5/C=C6\C7N(c8ccccc8[C@@]78CC[N+]7(CC=C)C/C(=C/CO)[C@@H]6C[C@@H]87)[C@@H]6OCC=C(C1)[C@H](C[C@@H]32)C6C54.[Br-].[Br-]. The normalized spacial score (nSPS) is 45.8. The molecule has 6 fully saturated rings. The van der Waals surface area contributed by atoms with E-state index in [9.17, 15) is 5.11 Å². The van der Waals surface area contributed by atoms with Crippen LogP contribution in [0.2, 0.25) is 0 Å². The van der Waals surface area contributed by atoms with E-state index >= 15 is 0 Å². The van der Waals surface area contributed by atoms with Crippen LogP contribution < -0.4 is 43.8 Å². The van der Waals surface area contributed by atoms with E-state index in [1.165, 1.54) is 42.8 Å². The number of fused-ring (bicyclic) bond motifs is 7. The fourth-order valence-electron chi connectivity index (χ4n) is 15.5. The largest absolute Gasteiger partial charge is 1.00 e. The lowest BCUT2D eigenvalue weighted by Gasteiger charge is -2.62. The summed E-state index contributed by atoms with van der Waals surface area (Å²) in [7, 11) is 0. The van der Waals surface area contributed by atoms with E-state index in [1.54, 1.807) is 22.3 Å². The molecule has 12 rings (SSSR count). The second kappa shape index (κ2) is 11.3. The van der Waals surface area contributed by atoms with Crippen molar-refractivity contribution in [1.82, 2.24) is 0 Å². The Morgan fingerprint density at radius 1 is 0.865 bits per heavy atom. The quantitative estimate of drug-likeness (QED) is 0.329. The van der Waals surface area contributed by atoms with Gasteiger partial charge in [-0.25, -0.2) is 0 Å². The van der Waals surface area contributed by atoms with Crippen molar-refractivity contribution >= 4 is 11.4 Å². The van der Waals surface area contributed by atoms with Crippen molar-refractivity contribution in [3.63, 3.8) is 0 Å². The highest BCUT2D eigenvalue weighted by Crippen LogP contribution is 2.71. The fraction of sp³-hybridized carbons (Fsp3) is 0.500. The van der Waals surface area contributed by atoms with Gasteiger partial charge in [0.05, 0.1) is 62.3 Å².